The second kappa shape index (κ2) is 9.85. The standard InChI is InChI=1S/C15H22INO3/c1-19-13-7-6-12(10-14(13)20-2)11-15(18)17-9-5-3-4-8-16/h6-7,10H,3-5,8-9,11H2,1-2H3,(H,17,18). The van der Waals surface area contributed by atoms with Crippen molar-refractivity contribution in [3.63, 3.8) is 0 Å². The molecule has 0 radical (unpaired) electrons. The van der Waals surface area contributed by atoms with Crippen molar-refractivity contribution in [3.8, 4) is 11.5 Å². The van der Waals surface area contributed by atoms with Gasteiger partial charge in [-0.05, 0) is 35.0 Å². The zero-order chi connectivity index (χ0) is 14.8. The van der Waals surface area contributed by atoms with Gasteiger partial charge in [-0.1, -0.05) is 35.1 Å². The minimum atomic E-state index is 0.0479. The van der Waals surface area contributed by atoms with Crippen LogP contribution < -0.4 is 14.8 Å². The lowest BCUT2D eigenvalue weighted by atomic mass is 10.1. The summed E-state index contributed by atoms with van der Waals surface area (Å²) in [5, 5.41) is 2.94. The monoisotopic (exact) mass is 391 g/mol. The number of benzene rings is 1. The van der Waals surface area contributed by atoms with E-state index in [0.717, 1.165) is 18.5 Å². The van der Waals surface area contributed by atoms with Crippen LogP contribution in [0, 0.1) is 0 Å². The molecule has 0 saturated heterocycles. The Morgan fingerprint density at radius 3 is 2.55 bits per heavy atom. The molecule has 0 aliphatic rings. The molecule has 0 fully saturated rings. The normalized spacial score (nSPS) is 10.2. The number of hydrogen-bond acceptors (Lipinski definition) is 3. The molecule has 0 bridgehead atoms. The lowest BCUT2D eigenvalue weighted by Gasteiger charge is -2.10. The number of unbranched alkanes of at least 4 members (excludes halogenated alkanes) is 2. The van der Waals surface area contributed by atoms with Crippen LogP contribution in [-0.4, -0.2) is 31.1 Å². The molecule has 20 heavy (non-hydrogen) atoms. The van der Waals surface area contributed by atoms with Gasteiger partial charge in [-0.3, -0.25) is 4.79 Å². The van der Waals surface area contributed by atoms with E-state index in [0.29, 0.717) is 17.9 Å². The zero-order valence-electron chi connectivity index (χ0n) is 12.1. The van der Waals surface area contributed by atoms with Gasteiger partial charge in [0.25, 0.3) is 0 Å². The Hall–Kier alpha value is -0.980. The first-order valence-corrected chi connectivity index (χ1v) is 8.27. The third-order valence-corrected chi connectivity index (χ3v) is 3.71. The Bertz CT molecular complexity index is 424. The predicted octanol–water partition coefficient (Wildman–Crippen LogP) is 2.97. The number of methoxy groups -OCH3 is 2. The summed E-state index contributed by atoms with van der Waals surface area (Å²) in [6.45, 7) is 0.753. The third-order valence-electron chi connectivity index (χ3n) is 2.95. The van der Waals surface area contributed by atoms with Gasteiger partial charge in [0.1, 0.15) is 0 Å². The minimum Gasteiger partial charge on any atom is -0.493 e. The maximum atomic E-state index is 11.8. The molecular formula is C15H22INO3. The lowest BCUT2D eigenvalue weighted by molar-refractivity contribution is -0.120. The van der Waals surface area contributed by atoms with E-state index in [2.05, 4.69) is 27.9 Å². The van der Waals surface area contributed by atoms with Gasteiger partial charge in [-0.25, -0.2) is 0 Å². The van der Waals surface area contributed by atoms with Crippen LogP contribution in [0.4, 0.5) is 0 Å². The van der Waals surface area contributed by atoms with E-state index in [1.807, 2.05) is 18.2 Å². The molecule has 0 aliphatic carbocycles. The summed E-state index contributed by atoms with van der Waals surface area (Å²) in [7, 11) is 3.19. The first kappa shape index (κ1) is 17.1. The Kier molecular flexibility index (Phi) is 8.41. The molecule has 0 saturated carbocycles. The molecule has 0 spiro atoms. The summed E-state index contributed by atoms with van der Waals surface area (Å²) in [5.41, 5.74) is 0.924. The first-order chi connectivity index (χ1) is 9.71. The Morgan fingerprint density at radius 2 is 1.90 bits per heavy atom. The van der Waals surface area contributed by atoms with Crippen molar-refractivity contribution in [1.82, 2.24) is 5.32 Å². The molecule has 5 heteroatoms. The fourth-order valence-corrected chi connectivity index (χ4v) is 2.40. The molecule has 4 nitrogen and oxygen atoms in total. The number of alkyl halides is 1. The quantitative estimate of drug-likeness (QED) is 0.400. The van der Waals surface area contributed by atoms with Gasteiger partial charge < -0.3 is 14.8 Å². The molecule has 0 heterocycles. The summed E-state index contributed by atoms with van der Waals surface area (Å²) in [6, 6.07) is 5.55. The van der Waals surface area contributed by atoms with Crippen molar-refractivity contribution in [2.24, 2.45) is 0 Å². The molecule has 112 valence electrons. The lowest BCUT2D eigenvalue weighted by Crippen LogP contribution is -2.26. The maximum absolute atomic E-state index is 11.8. The van der Waals surface area contributed by atoms with Crippen molar-refractivity contribution in [2.75, 3.05) is 25.2 Å². The maximum Gasteiger partial charge on any atom is 0.224 e. The largest absolute Gasteiger partial charge is 0.493 e. The van der Waals surface area contributed by atoms with Crippen molar-refractivity contribution in [1.29, 1.82) is 0 Å². The van der Waals surface area contributed by atoms with E-state index >= 15 is 0 Å². The van der Waals surface area contributed by atoms with Gasteiger partial charge in [-0.15, -0.1) is 0 Å². The van der Waals surface area contributed by atoms with Crippen molar-refractivity contribution in [3.05, 3.63) is 23.8 Å². The average molecular weight is 391 g/mol. The summed E-state index contributed by atoms with van der Waals surface area (Å²) >= 11 is 2.37. The number of carbonyl (C=O) groups excluding carboxylic acids is 1. The van der Waals surface area contributed by atoms with Crippen LogP contribution in [0.15, 0.2) is 18.2 Å². The number of carbonyl (C=O) groups is 1. The number of ether oxygens (including phenoxy) is 2. The van der Waals surface area contributed by atoms with Gasteiger partial charge in [-0.2, -0.15) is 0 Å². The Balaban J connectivity index is 2.41. The second-order valence-electron chi connectivity index (χ2n) is 4.47. The van der Waals surface area contributed by atoms with Gasteiger partial charge in [0.15, 0.2) is 11.5 Å². The molecule has 0 atom stereocenters. The van der Waals surface area contributed by atoms with Crippen molar-refractivity contribution >= 4 is 28.5 Å². The molecule has 0 unspecified atom stereocenters. The minimum absolute atomic E-state index is 0.0479. The van der Waals surface area contributed by atoms with Crippen molar-refractivity contribution < 1.29 is 14.3 Å². The topological polar surface area (TPSA) is 47.6 Å². The number of amides is 1. The van der Waals surface area contributed by atoms with E-state index in [1.165, 1.54) is 17.3 Å². The van der Waals surface area contributed by atoms with Crippen LogP contribution in [0.1, 0.15) is 24.8 Å². The molecule has 1 rings (SSSR count). The molecular weight excluding hydrogens is 369 g/mol. The van der Waals surface area contributed by atoms with E-state index in [4.69, 9.17) is 9.47 Å². The molecule has 1 aromatic rings. The number of rotatable bonds is 9. The summed E-state index contributed by atoms with van der Waals surface area (Å²) in [5.74, 6) is 1.38. The second-order valence-corrected chi connectivity index (χ2v) is 5.54. The highest BCUT2D eigenvalue weighted by Crippen LogP contribution is 2.27. The SMILES string of the molecule is COc1ccc(CC(=O)NCCCCCI)cc1OC. The highest BCUT2D eigenvalue weighted by Gasteiger charge is 2.07. The Labute approximate surface area is 134 Å². The summed E-state index contributed by atoms with van der Waals surface area (Å²) in [6.07, 6.45) is 3.79. The molecule has 1 amide bonds. The number of nitrogens with one attached hydrogen (secondary N) is 1. The average Bonchev–Trinajstić information content (AvgIpc) is 2.46. The highest BCUT2D eigenvalue weighted by atomic mass is 127. The van der Waals surface area contributed by atoms with Gasteiger partial charge in [0.2, 0.25) is 5.91 Å². The smallest absolute Gasteiger partial charge is 0.224 e. The van der Waals surface area contributed by atoms with Crippen LogP contribution in [0.5, 0.6) is 11.5 Å². The first-order valence-electron chi connectivity index (χ1n) is 6.74. The third kappa shape index (κ3) is 5.98. The summed E-state index contributed by atoms with van der Waals surface area (Å²) < 4.78 is 11.6. The van der Waals surface area contributed by atoms with Crippen molar-refractivity contribution in [2.45, 2.75) is 25.7 Å². The van der Waals surface area contributed by atoms with Crippen LogP contribution >= 0.6 is 22.6 Å². The van der Waals surface area contributed by atoms with Crippen LogP contribution in [0.3, 0.4) is 0 Å². The van der Waals surface area contributed by atoms with Gasteiger partial charge >= 0.3 is 0 Å². The predicted molar refractivity (Wildman–Crippen MR) is 89.0 cm³/mol. The molecule has 1 N–H and O–H groups in total. The fourth-order valence-electron chi connectivity index (χ4n) is 1.86. The van der Waals surface area contributed by atoms with E-state index in [9.17, 15) is 4.79 Å². The molecule has 0 aromatic heterocycles. The zero-order valence-corrected chi connectivity index (χ0v) is 14.2. The van der Waals surface area contributed by atoms with Crippen LogP contribution in [0.25, 0.3) is 0 Å². The van der Waals surface area contributed by atoms with Gasteiger partial charge in [0, 0.05) is 6.54 Å². The van der Waals surface area contributed by atoms with E-state index < -0.39 is 0 Å². The van der Waals surface area contributed by atoms with E-state index in [-0.39, 0.29) is 5.91 Å². The highest BCUT2D eigenvalue weighted by molar-refractivity contribution is 14.1. The molecule has 1 aromatic carbocycles. The fraction of sp³-hybridized carbons (Fsp3) is 0.533. The number of halogens is 1. The van der Waals surface area contributed by atoms with Crippen LogP contribution in [0.2, 0.25) is 0 Å². The van der Waals surface area contributed by atoms with E-state index in [1.54, 1.807) is 14.2 Å². The van der Waals surface area contributed by atoms with Crippen LogP contribution in [-0.2, 0) is 11.2 Å². The Morgan fingerprint density at radius 1 is 1.15 bits per heavy atom. The molecule has 0 aliphatic heterocycles. The van der Waals surface area contributed by atoms with Gasteiger partial charge in [0.05, 0.1) is 20.6 Å². The summed E-state index contributed by atoms with van der Waals surface area (Å²) in [4.78, 5) is 11.8. The number of hydrogen-bond donors (Lipinski definition) is 1.